The number of hydrogen-bond donors (Lipinski definition) is 0. The lowest BCUT2D eigenvalue weighted by molar-refractivity contribution is -0.146. The van der Waals surface area contributed by atoms with Gasteiger partial charge in [0.05, 0.1) is 30.8 Å². The Kier molecular flexibility index (Phi) is 5.63. The number of aromatic nitrogens is 3. The molecular weight excluding hydrogens is 364 g/mol. The largest absolute Gasteiger partial charge is 0.461 e. The van der Waals surface area contributed by atoms with Crippen molar-refractivity contribution in [2.75, 3.05) is 18.9 Å². The van der Waals surface area contributed by atoms with Crippen LogP contribution in [0.3, 0.4) is 0 Å². The van der Waals surface area contributed by atoms with E-state index in [2.05, 4.69) is 16.8 Å². The van der Waals surface area contributed by atoms with Gasteiger partial charge in [-0.1, -0.05) is 30.7 Å². The van der Waals surface area contributed by atoms with Crippen LogP contribution in [0.15, 0.2) is 40.6 Å². The maximum atomic E-state index is 12.9. The molecule has 144 valence electrons. The number of furan rings is 1. The molecule has 2 fully saturated rings. The number of carbonyl (C=O) groups is 1. The number of thioether (sulfide) groups is 1. The number of rotatable bonds is 6. The lowest BCUT2D eigenvalue weighted by Gasteiger charge is -2.43. The van der Waals surface area contributed by atoms with Gasteiger partial charge in [-0.05, 0) is 25.0 Å². The molecule has 0 N–H and O–H groups in total. The van der Waals surface area contributed by atoms with Crippen molar-refractivity contribution in [1.29, 1.82) is 0 Å². The Labute approximate surface area is 162 Å². The normalized spacial score (nSPS) is 22.4. The van der Waals surface area contributed by atoms with Crippen LogP contribution in [-0.4, -0.2) is 56.6 Å². The van der Waals surface area contributed by atoms with Gasteiger partial charge in [-0.2, -0.15) is 0 Å². The predicted molar refractivity (Wildman–Crippen MR) is 102 cm³/mol. The molecule has 2 unspecified atom stereocenters. The number of amides is 1. The van der Waals surface area contributed by atoms with Crippen LogP contribution in [0.5, 0.6) is 0 Å². The SMILES string of the molecule is C=CCn1c(SCC(=O)N2CCOC3CCCCC32)nnc1-c1ccco1. The van der Waals surface area contributed by atoms with E-state index >= 15 is 0 Å². The van der Waals surface area contributed by atoms with E-state index in [-0.39, 0.29) is 18.1 Å². The zero-order valence-electron chi connectivity index (χ0n) is 15.2. The van der Waals surface area contributed by atoms with E-state index in [9.17, 15) is 4.79 Å². The lowest BCUT2D eigenvalue weighted by Crippen LogP contribution is -2.55. The Morgan fingerprint density at radius 3 is 3.07 bits per heavy atom. The van der Waals surface area contributed by atoms with Crippen LogP contribution < -0.4 is 0 Å². The quantitative estimate of drug-likeness (QED) is 0.559. The molecule has 1 aliphatic heterocycles. The third-order valence-electron chi connectivity index (χ3n) is 5.15. The average Bonchev–Trinajstić information content (AvgIpc) is 3.36. The zero-order valence-corrected chi connectivity index (χ0v) is 16.1. The Morgan fingerprint density at radius 2 is 2.26 bits per heavy atom. The first-order valence-corrected chi connectivity index (χ1v) is 10.4. The first-order valence-electron chi connectivity index (χ1n) is 9.40. The Balaban J connectivity index is 1.45. The molecule has 27 heavy (non-hydrogen) atoms. The van der Waals surface area contributed by atoms with E-state index in [0.717, 1.165) is 12.8 Å². The molecule has 1 amide bonds. The summed E-state index contributed by atoms with van der Waals surface area (Å²) in [4.78, 5) is 14.9. The Hall–Kier alpha value is -2.06. The molecule has 7 nitrogen and oxygen atoms in total. The summed E-state index contributed by atoms with van der Waals surface area (Å²) in [6.07, 6.45) is 8.06. The van der Waals surface area contributed by atoms with E-state index in [1.807, 2.05) is 21.6 Å². The van der Waals surface area contributed by atoms with Gasteiger partial charge in [-0.3, -0.25) is 9.36 Å². The van der Waals surface area contributed by atoms with E-state index in [4.69, 9.17) is 9.15 Å². The van der Waals surface area contributed by atoms with Gasteiger partial charge >= 0.3 is 0 Å². The second-order valence-electron chi connectivity index (χ2n) is 6.82. The molecule has 0 aromatic carbocycles. The van der Waals surface area contributed by atoms with E-state index in [0.29, 0.717) is 42.2 Å². The van der Waals surface area contributed by atoms with Gasteiger partial charge in [0.15, 0.2) is 10.9 Å². The molecule has 3 heterocycles. The number of fused-ring (bicyclic) bond motifs is 1. The van der Waals surface area contributed by atoms with E-state index in [1.165, 1.54) is 24.6 Å². The Bertz CT molecular complexity index is 787. The lowest BCUT2D eigenvalue weighted by atomic mass is 9.90. The summed E-state index contributed by atoms with van der Waals surface area (Å²) in [6.45, 7) is 5.67. The summed E-state index contributed by atoms with van der Waals surface area (Å²) in [5.41, 5.74) is 0. The van der Waals surface area contributed by atoms with Crippen LogP contribution in [0.25, 0.3) is 11.6 Å². The standard InChI is InChI=1S/C19H24N4O3S/c1-2-9-23-18(16-8-5-11-25-16)20-21-19(23)27-13-17(24)22-10-12-26-15-7-4-3-6-14(15)22/h2,5,8,11,14-15H,1,3-4,6-7,9-10,12-13H2. The molecule has 2 aromatic rings. The van der Waals surface area contributed by atoms with Crippen LogP contribution in [0, 0.1) is 0 Å². The highest BCUT2D eigenvalue weighted by atomic mass is 32.2. The van der Waals surface area contributed by atoms with E-state index in [1.54, 1.807) is 12.3 Å². The number of carbonyl (C=O) groups excluding carboxylic acids is 1. The third-order valence-corrected chi connectivity index (χ3v) is 6.10. The van der Waals surface area contributed by atoms with Crippen molar-refractivity contribution in [3.05, 3.63) is 31.1 Å². The predicted octanol–water partition coefficient (Wildman–Crippen LogP) is 2.99. The maximum absolute atomic E-state index is 12.9. The molecule has 2 atom stereocenters. The minimum Gasteiger partial charge on any atom is -0.461 e. The van der Waals surface area contributed by atoms with Crippen molar-refractivity contribution < 1.29 is 13.9 Å². The van der Waals surface area contributed by atoms with Crippen molar-refractivity contribution in [1.82, 2.24) is 19.7 Å². The molecule has 1 saturated carbocycles. The summed E-state index contributed by atoms with van der Waals surface area (Å²) < 4.78 is 13.2. The number of nitrogens with zero attached hydrogens (tertiary/aromatic N) is 4. The molecular formula is C19H24N4O3S. The van der Waals surface area contributed by atoms with Gasteiger partial charge in [0.1, 0.15) is 0 Å². The monoisotopic (exact) mass is 388 g/mol. The second-order valence-corrected chi connectivity index (χ2v) is 7.76. The molecule has 2 aromatic heterocycles. The molecule has 1 saturated heterocycles. The van der Waals surface area contributed by atoms with Crippen molar-refractivity contribution in [2.24, 2.45) is 0 Å². The summed E-state index contributed by atoms with van der Waals surface area (Å²) >= 11 is 1.41. The smallest absolute Gasteiger partial charge is 0.233 e. The van der Waals surface area contributed by atoms with Gasteiger partial charge in [0.2, 0.25) is 11.7 Å². The molecule has 0 spiro atoms. The fraction of sp³-hybridized carbons (Fsp3) is 0.526. The minimum absolute atomic E-state index is 0.146. The van der Waals surface area contributed by atoms with Crippen LogP contribution in [0.2, 0.25) is 0 Å². The maximum Gasteiger partial charge on any atom is 0.233 e. The molecule has 4 rings (SSSR count). The highest BCUT2D eigenvalue weighted by Gasteiger charge is 2.36. The van der Waals surface area contributed by atoms with Gasteiger partial charge in [-0.25, -0.2) is 0 Å². The fourth-order valence-corrected chi connectivity index (χ4v) is 4.73. The third kappa shape index (κ3) is 3.82. The van der Waals surface area contributed by atoms with Gasteiger partial charge in [0.25, 0.3) is 0 Å². The molecule has 0 radical (unpaired) electrons. The first kappa shape index (κ1) is 18.3. The molecule has 2 aliphatic rings. The first-order chi connectivity index (χ1) is 13.3. The fourth-order valence-electron chi connectivity index (χ4n) is 3.89. The summed E-state index contributed by atoms with van der Waals surface area (Å²) in [5, 5.41) is 9.20. The van der Waals surface area contributed by atoms with Crippen LogP contribution >= 0.6 is 11.8 Å². The van der Waals surface area contributed by atoms with E-state index < -0.39 is 0 Å². The van der Waals surface area contributed by atoms with Gasteiger partial charge < -0.3 is 14.1 Å². The Morgan fingerprint density at radius 1 is 1.37 bits per heavy atom. The van der Waals surface area contributed by atoms with Crippen LogP contribution in [0.1, 0.15) is 25.7 Å². The number of morpholine rings is 1. The second kappa shape index (κ2) is 8.31. The molecule has 1 aliphatic carbocycles. The van der Waals surface area contributed by atoms with Crippen LogP contribution in [0.4, 0.5) is 0 Å². The van der Waals surface area contributed by atoms with Crippen molar-refractivity contribution in [3.8, 4) is 11.6 Å². The summed E-state index contributed by atoms with van der Waals surface area (Å²) in [5.74, 6) is 1.79. The number of allylic oxidation sites excluding steroid dienone is 1. The zero-order chi connectivity index (χ0) is 18.6. The molecule has 0 bridgehead atoms. The van der Waals surface area contributed by atoms with Gasteiger partial charge in [0, 0.05) is 13.1 Å². The summed E-state index contributed by atoms with van der Waals surface area (Å²) in [7, 11) is 0. The van der Waals surface area contributed by atoms with Crippen molar-refractivity contribution >= 4 is 17.7 Å². The van der Waals surface area contributed by atoms with Gasteiger partial charge in [-0.15, -0.1) is 16.8 Å². The van der Waals surface area contributed by atoms with Crippen molar-refractivity contribution in [3.63, 3.8) is 0 Å². The highest BCUT2D eigenvalue weighted by molar-refractivity contribution is 7.99. The van der Waals surface area contributed by atoms with Crippen molar-refractivity contribution in [2.45, 2.75) is 49.5 Å². The minimum atomic E-state index is 0.146. The topological polar surface area (TPSA) is 73.4 Å². The highest BCUT2D eigenvalue weighted by Crippen LogP contribution is 2.30. The average molecular weight is 388 g/mol. The molecule has 8 heteroatoms. The van der Waals surface area contributed by atoms with Crippen LogP contribution in [-0.2, 0) is 16.1 Å². The number of ether oxygens (including phenoxy) is 1. The number of hydrogen-bond acceptors (Lipinski definition) is 6. The summed E-state index contributed by atoms with van der Waals surface area (Å²) in [6, 6.07) is 3.89.